The van der Waals surface area contributed by atoms with Crippen LogP contribution < -0.4 is 0 Å². The zero-order chi connectivity index (χ0) is 11.3. The molecule has 0 atom stereocenters. The van der Waals surface area contributed by atoms with Gasteiger partial charge in [0.25, 0.3) is 0 Å². The molecule has 1 aliphatic rings. The van der Waals surface area contributed by atoms with Gasteiger partial charge >= 0.3 is 0 Å². The maximum absolute atomic E-state index is 4.71. The molecule has 3 nitrogen and oxygen atoms in total. The molecule has 2 aromatic rings. The summed E-state index contributed by atoms with van der Waals surface area (Å²) in [6, 6.07) is 2.14. The van der Waals surface area contributed by atoms with Crippen LogP contribution in [0.2, 0.25) is 0 Å². The summed E-state index contributed by atoms with van der Waals surface area (Å²) in [5.41, 5.74) is 4.91. The maximum atomic E-state index is 4.71. The molecule has 1 aliphatic heterocycles. The van der Waals surface area contributed by atoms with E-state index in [2.05, 4.69) is 51.5 Å². The van der Waals surface area contributed by atoms with Gasteiger partial charge in [0.1, 0.15) is 5.65 Å². The van der Waals surface area contributed by atoms with Gasteiger partial charge in [0.15, 0.2) is 0 Å². The van der Waals surface area contributed by atoms with Crippen molar-refractivity contribution in [3.05, 3.63) is 33.7 Å². The van der Waals surface area contributed by atoms with Gasteiger partial charge in [0.05, 0.1) is 11.4 Å². The standard InChI is InChI=1S/C12H14BrN3/c1-8-5-12-14-10-3-4-15(2)7-11(10)16(12)6-9(8)13/h5-6H,3-4,7H2,1-2H3. The highest BCUT2D eigenvalue weighted by Gasteiger charge is 2.19. The highest BCUT2D eigenvalue weighted by molar-refractivity contribution is 9.10. The summed E-state index contributed by atoms with van der Waals surface area (Å²) in [6.07, 6.45) is 3.19. The van der Waals surface area contributed by atoms with Gasteiger partial charge in [0.2, 0.25) is 0 Å². The van der Waals surface area contributed by atoms with Crippen LogP contribution in [0.25, 0.3) is 5.65 Å². The fourth-order valence-electron chi connectivity index (χ4n) is 2.26. The van der Waals surface area contributed by atoms with E-state index >= 15 is 0 Å². The summed E-state index contributed by atoms with van der Waals surface area (Å²) >= 11 is 3.58. The van der Waals surface area contributed by atoms with E-state index in [1.54, 1.807) is 0 Å². The smallest absolute Gasteiger partial charge is 0.137 e. The topological polar surface area (TPSA) is 20.5 Å². The largest absolute Gasteiger partial charge is 0.301 e. The van der Waals surface area contributed by atoms with E-state index in [0.717, 1.165) is 29.6 Å². The first-order valence-corrected chi connectivity index (χ1v) is 6.29. The number of rotatable bonds is 0. The Bertz CT molecular complexity index is 559. The minimum Gasteiger partial charge on any atom is -0.301 e. The van der Waals surface area contributed by atoms with E-state index in [1.807, 2.05) is 0 Å². The number of hydrogen-bond donors (Lipinski definition) is 0. The maximum Gasteiger partial charge on any atom is 0.137 e. The number of halogens is 1. The van der Waals surface area contributed by atoms with Crippen LogP contribution in [0.1, 0.15) is 17.0 Å². The average molecular weight is 280 g/mol. The average Bonchev–Trinajstić information content (AvgIpc) is 2.57. The first kappa shape index (κ1) is 10.3. The van der Waals surface area contributed by atoms with Crippen molar-refractivity contribution < 1.29 is 0 Å². The molecule has 3 rings (SSSR count). The number of imidazole rings is 1. The van der Waals surface area contributed by atoms with Crippen molar-refractivity contribution >= 4 is 21.6 Å². The Morgan fingerprint density at radius 3 is 3.06 bits per heavy atom. The molecule has 0 unspecified atom stereocenters. The van der Waals surface area contributed by atoms with Crippen LogP contribution in [0, 0.1) is 6.92 Å². The monoisotopic (exact) mass is 279 g/mol. The van der Waals surface area contributed by atoms with Gasteiger partial charge in [-0.3, -0.25) is 0 Å². The number of pyridine rings is 1. The minimum atomic E-state index is 0.992. The molecule has 4 heteroatoms. The van der Waals surface area contributed by atoms with E-state index in [9.17, 15) is 0 Å². The van der Waals surface area contributed by atoms with Gasteiger partial charge in [-0.15, -0.1) is 0 Å². The Balaban J connectivity index is 2.27. The number of fused-ring (bicyclic) bond motifs is 3. The molecular formula is C12H14BrN3. The molecule has 0 saturated heterocycles. The van der Waals surface area contributed by atoms with Crippen molar-refractivity contribution in [2.75, 3.05) is 13.6 Å². The van der Waals surface area contributed by atoms with Gasteiger partial charge in [-0.2, -0.15) is 0 Å². The van der Waals surface area contributed by atoms with Crippen molar-refractivity contribution in [2.24, 2.45) is 0 Å². The van der Waals surface area contributed by atoms with Crippen molar-refractivity contribution in [3.8, 4) is 0 Å². The molecule has 2 aromatic heterocycles. The van der Waals surface area contributed by atoms with Gasteiger partial charge < -0.3 is 9.30 Å². The Kier molecular flexibility index (Phi) is 2.30. The summed E-state index contributed by atoms with van der Waals surface area (Å²) in [5.74, 6) is 0. The third kappa shape index (κ3) is 1.48. The molecular weight excluding hydrogens is 266 g/mol. The molecule has 0 fully saturated rings. The van der Waals surface area contributed by atoms with Crippen molar-refractivity contribution in [2.45, 2.75) is 19.9 Å². The summed E-state index contributed by atoms with van der Waals surface area (Å²) in [5, 5.41) is 0. The normalized spacial score (nSPS) is 16.7. The molecule has 0 aliphatic carbocycles. The summed E-state index contributed by atoms with van der Waals surface area (Å²) in [6.45, 7) is 4.20. The molecule has 0 N–H and O–H groups in total. The number of aryl methyl sites for hydroxylation is 1. The second kappa shape index (κ2) is 3.57. The molecule has 0 saturated carbocycles. The second-order valence-electron chi connectivity index (χ2n) is 4.53. The van der Waals surface area contributed by atoms with Gasteiger partial charge in [-0.25, -0.2) is 4.98 Å². The molecule has 0 amide bonds. The number of likely N-dealkylation sites (N-methyl/N-ethyl adjacent to an activating group) is 1. The number of hydrogen-bond acceptors (Lipinski definition) is 2. The van der Waals surface area contributed by atoms with Crippen LogP contribution in [0.5, 0.6) is 0 Å². The highest BCUT2D eigenvalue weighted by atomic mass is 79.9. The van der Waals surface area contributed by atoms with Gasteiger partial charge in [-0.05, 0) is 41.5 Å². The van der Waals surface area contributed by atoms with Crippen LogP contribution in [-0.4, -0.2) is 27.9 Å². The van der Waals surface area contributed by atoms with Crippen LogP contribution in [0.15, 0.2) is 16.7 Å². The Hall–Kier alpha value is -0.870. The lowest BCUT2D eigenvalue weighted by Crippen LogP contribution is -2.27. The SMILES string of the molecule is Cc1cc2nc3c(n2cc1Br)CN(C)CC3. The summed E-state index contributed by atoms with van der Waals surface area (Å²) in [7, 11) is 2.16. The molecule has 0 spiro atoms. The number of nitrogens with zero attached hydrogens (tertiary/aromatic N) is 3. The third-order valence-electron chi connectivity index (χ3n) is 3.24. The van der Waals surface area contributed by atoms with Crippen molar-refractivity contribution in [3.63, 3.8) is 0 Å². The van der Waals surface area contributed by atoms with E-state index in [4.69, 9.17) is 4.98 Å². The van der Waals surface area contributed by atoms with Crippen molar-refractivity contribution in [1.29, 1.82) is 0 Å². The van der Waals surface area contributed by atoms with Crippen LogP contribution in [-0.2, 0) is 13.0 Å². The molecule has 84 valence electrons. The fraction of sp³-hybridized carbons (Fsp3) is 0.417. The third-order valence-corrected chi connectivity index (χ3v) is 4.07. The fourth-order valence-corrected chi connectivity index (χ4v) is 2.58. The van der Waals surface area contributed by atoms with Crippen LogP contribution in [0.4, 0.5) is 0 Å². The molecule has 0 radical (unpaired) electrons. The molecule has 0 aromatic carbocycles. The quantitative estimate of drug-likeness (QED) is 0.738. The zero-order valence-corrected chi connectivity index (χ0v) is 11.1. The highest BCUT2D eigenvalue weighted by Crippen LogP contribution is 2.24. The Labute approximate surface area is 103 Å². The Morgan fingerprint density at radius 1 is 1.44 bits per heavy atom. The predicted molar refractivity (Wildman–Crippen MR) is 67.7 cm³/mol. The van der Waals surface area contributed by atoms with E-state index in [0.29, 0.717) is 0 Å². The van der Waals surface area contributed by atoms with E-state index in [1.165, 1.54) is 17.0 Å². The number of aromatic nitrogens is 2. The molecule has 3 heterocycles. The van der Waals surface area contributed by atoms with Gasteiger partial charge in [-0.1, -0.05) is 0 Å². The molecule has 16 heavy (non-hydrogen) atoms. The first-order chi connectivity index (χ1) is 7.65. The Morgan fingerprint density at radius 2 is 2.25 bits per heavy atom. The lowest BCUT2D eigenvalue weighted by atomic mass is 10.1. The van der Waals surface area contributed by atoms with E-state index in [-0.39, 0.29) is 0 Å². The minimum absolute atomic E-state index is 0.992. The first-order valence-electron chi connectivity index (χ1n) is 5.49. The lowest BCUT2D eigenvalue weighted by molar-refractivity contribution is 0.306. The van der Waals surface area contributed by atoms with Crippen molar-refractivity contribution in [1.82, 2.24) is 14.3 Å². The van der Waals surface area contributed by atoms with Gasteiger partial charge in [0, 0.05) is 30.2 Å². The van der Waals surface area contributed by atoms with Crippen LogP contribution >= 0.6 is 15.9 Å². The second-order valence-corrected chi connectivity index (χ2v) is 5.38. The summed E-state index contributed by atoms with van der Waals surface area (Å²) in [4.78, 5) is 7.04. The zero-order valence-electron chi connectivity index (χ0n) is 9.50. The summed E-state index contributed by atoms with van der Waals surface area (Å²) < 4.78 is 3.36. The predicted octanol–water partition coefficient (Wildman–Crippen LogP) is 2.39. The van der Waals surface area contributed by atoms with E-state index < -0.39 is 0 Å². The lowest BCUT2D eigenvalue weighted by Gasteiger charge is -2.21. The van der Waals surface area contributed by atoms with Crippen LogP contribution in [0.3, 0.4) is 0 Å². The molecule has 0 bridgehead atoms.